The van der Waals surface area contributed by atoms with Gasteiger partial charge in [0.2, 0.25) is 0 Å². The lowest BCUT2D eigenvalue weighted by Crippen LogP contribution is -2.29. The van der Waals surface area contributed by atoms with Crippen LogP contribution in [-0.2, 0) is 15.0 Å². The Kier molecular flexibility index (Phi) is 6.32. The highest BCUT2D eigenvalue weighted by atomic mass is 79.9. The molecule has 0 spiro atoms. The maximum Gasteiger partial charge on any atom is 0.300 e. The number of carbonyl (C=O) groups excluding carboxylic acids is 2. The molecule has 2 aromatic carbocycles. The van der Waals surface area contributed by atoms with Gasteiger partial charge in [0, 0.05) is 22.6 Å². The molecule has 1 N–H and O–H groups in total. The van der Waals surface area contributed by atoms with Gasteiger partial charge in [0.05, 0.1) is 24.3 Å². The predicted octanol–water partition coefficient (Wildman–Crippen LogP) is 5.78. The Balaban J connectivity index is 1.99. The van der Waals surface area contributed by atoms with Crippen LogP contribution in [-0.4, -0.2) is 28.9 Å². The second-order valence-electron chi connectivity index (χ2n) is 9.10. The molecule has 1 amide bonds. The lowest BCUT2D eigenvalue weighted by molar-refractivity contribution is -0.132. The average molecular weight is 521 g/mol. The summed E-state index contributed by atoms with van der Waals surface area (Å²) in [6.07, 6.45) is 3.21. The zero-order valence-electron chi connectivity index (χ0n) is 19.4. The fourth-order valence-corrected chi connectivity index (χ4v) is 4.47. The van der Waals surface area contributed by atoms with Crippen molar-refractivity contribution in [3.8, 4) is 5.75 Å². The molecule has 0 saturated carbocycles. The van der Waals surface area contributed by atoms with Gasteiger partial charge in [-0.1, -0.05) is 54.9 Å². The monoisotopic (exact) mass is 520 g/mol. The van der Waals surface area contributed by atoms with Crippen molar-refractivity contribution in [1.82, 2.24) is 4.98 Å². The van der Waals surface area contributed by atoms with E-state index in [0.717, 1.165) is 10.0 Å². The van der Waals surface area contributed by atoms with Crippen molar-refractivity contribution in [2.75, 3.05) is 12.0 Å². The van der Waals surface area contributed by atoms with Crippen molar-refractivity contribution in [2.45, 2.75) is 32.2 Å². The Morgan fingerprint density at radius 1 is 1.09 bits per heavy atom. The number of halogens is 1. The molecule has 0 aliphatic carbocycles. The maximum atomic E-state index is 13.4. The molecule has 2 heterocycles. The van der Waals surface area contributed by atoms with E-state index in [4.69, 9.17) is 4.74 Å². The largest absolute Gasteiger partial charge is 0.507 e. The zero-order chi connectivity index (χ0) is 24.6. The number of nitrogens with zero attached hydrogens (tertiary/aromatic N) is 2. The lowest BCUT2D eigenvalue weighted by atomic mass is 9.85. The van der Waals surface area contributed by atoms with Gasteiger partial charge in [-0.25, -0.2) is 0 Å². The molecule has 174 valence electrons. The molecule has 0 radical (unpaired) electrons. The van der Waals surface area contributed by atoms with E-state index in [-0.39, 0.29) is 16.7 Å². The number of rotatable bonds is 4. The van der Waals surface area contributed by atoms with E-state index in [9.17, 15) is 14.7 Å². The average Bonchev–Trinajstić information content (AvgIpc) is 3.08. The van der Waals surface area contributed by atoms with Crippen LogP contribution in [0.15, 0.2) is 77.0 Å². The van der Waals surface area contributed by atoms with Gasteiger partial charge < -0.3 is 9.84 Å². The van der Waals surface area contributed by atoms with Crippen LogP contribution in [0.4, 0.5) is 5.69 Å². The van der Waals surface area contributed by atoms with Crippen LogP contribution in [0.5, 0.6) is 5.75 Å². The molecule has 3 aromatic rings. The van der Waals surface area contributed by atoms with Gasteiger partial charge in [-0.2, -0.15) is 0 Å². The molecule has 1 aromatic heterocycles. The van der Waals surface area contributed by atoms with Crippen LogP contribution < -0.4 is 9.64 Å². The lowest BCUT2D eigenvalue weighted by Gasteiger charge is -2.26. The number of methoxy groups -OCH3 is 1. The van der Waals surface area contributed by atoms with E-state index in [1.165, 1.54) is 12.0 Å². The van der Waals surface area contributed by atoms with Crippen LogP contribution in [0.3, 0.4) is 0 Å². The minimum atomic E-state index is -0.856. The van der Waals surface area contributed by atoms with E-state index in [1.54, 1.807) is 54.9 Å². The number of hydrogen-bond acceptors (Lipinski definition) is 5. The number of hydrogen-bond donors (Lipinski definition) is 1. The number of aliphatic hydroxyl groups is 1. The standard InChI is InChI=1S/C27H25BrN2O4/c1-27(2,3)17-10-11-21(34-4)20(13-17)24(31)22-23(16-7-6-12-29-15-16)30(26(33)25(22)32)19-9-5-8-18(28)14-19/h5-15,23,31H,1-4H3/b24-22+. The van der Waals surface area contributed by atoms with Crippen molar-refractivity contribution >= 4 is 39.1 Å². The number of carbonyl (C=O) groups is 2. The van der Waals surface area contributed by atoms with Crippen LogP contribution in [0.2, 0.25) is 0 Å². The van der Waals surface area contributed by atoms with Gasteiger partial charge in [0.1, 0.15) is 11.5 Å². The first-order valence-corrected chi connectivity index (χ1v) is 11.6. The Hall–Kier alpha value is -3.45. The molecule has 7 heteroatoms. The van der Waals surface area contributed by atoms with Crippen molar-refractivity contribution in [1.29, 1.82) is 0 Å². The van der Waals surface area contributed by atoms with Crippen LogP contribution in [0.1, 0.15) is 43.5 Å². The highest BCUT2D eigenvalue weighted by Gasteiger charge is 2.47. The Bertz CT molecular complexity index is 1300. The number of aromatic nitrogens is 1. The smallest absolute Gasteiger partial charge is 0.300 e. The predicted molar refractivity (Wildman–Crippen MR) is 135 cm³/mol. The summed E-state index contributed by atoms with van der Waals surface area (Å²) in [5.74, 6) is -1.37. The molecular weight excluding hydrogens is 496 g/mol. The van der Waals surface area contributed by atoms with Crippen LogP contribution in [0.25, 0.3) is 5.76 Å². The number of aliphatic hydroxyl groups excluding tert-OH is 1. The number of ether oxygens (including phenoxy) is 1. The summed E-state index contributed by atoms with van der Waals surface area (Å²) < 4.78 is 6.26. The van der Waals surface area contributed by atoms with Crippen molar-refractivity contribution in [3.63, 3.8) is 0 Å². The van der Waals surface area contributed by atoms with Gasteiger partial charge in [0.25, 0.3) is 11.7 Å². The topological polar surface area (TPSA) is 79.7 Å². The minimum absolute atomic E-state index is 0.0117. The molecule has 34 heavy (non-hydrogen) atoms. The third kappa shape index (κ3) is 4.23. The highest BCUT2D eigenvalue weighted by molar-refractivity contribution is 9.10. The van der Waals surface area contributed by atoms with E-state index >= 15 is 0 Å². The SMILES string of the molecule is COc1ccc(C(C)(C)C)cc1/C(O)=C1\C(=O)C(=O)N(c2cccc(Br)c2)C1c1cccnc1. The number of amides is 1. The van der Waals surface area contributed by atoms with Crippen LogP contribution in [0, 0.1) is 0 Å². The molecule has 0 bridgehead atoms. The molecule has 1 aliphatic rings. The van der Waals surface area contributed by atoms with Gasteiger partial charge >= 0.3 is 0 Å². The first kappa shape index (κ1) is 23.7. The fraction of sp³-hybridized carbons (Fsp3) is 0.222. The fourth-order valence-electron chi connectivity index (χ4n) is 4.08. The molecule has 6 nitrogen and oxygen atoms in total. The highest BCUT2D eigenvalue weighted by Crippen LogP contribution is 2.44. The van der Waals surface area contributed by atoms with Crippen molar-refractivity contribution < 1.29 is 19.4 Å². The third-order valence-corrected chi connectivity index (χ3v) is 6.34. The molecule has 4 rings (SSSR count). The quantitative estimate of drug-likeness (QED) is 0.268. The summed E-state index contributed by atoms with van der Waals surface area (Å²) in [6.45, 7) is 6.17. The Labute approximate surface area is 207 Å². The third-order valence-electron chi connectivity index (χ3n) is 5.85. The molecular formula is C27H25BrN2O4. The molecule has 1 aliphatic heterocycles. The second kappa shape index (κ2) is 9.06. The number of pyridine rings is 1. The van der Waals surface area contributed by atoms with E-state index in [2.05, 4.69) is 41.7 Å². The molecule has 1 fully saturated rings. The molecule has 1 atom stereocenters. The van der Waals surface area contributed by atoms with Gasteiger partial charge in [0.15, 0.2) is 0 Å². The van der Waals surface area contributed by atoms with E-state index in [1.807, 2.05) is 12.1 Å². The van der Waals surface area contributed by atoms with Gasteiger partial charge in [-0.05, 0) is 52.9 Å². The number of anilines is 1. The first-order valence-electron chi connectivity index (χ1n) is 10.8. The molecule has 1 unspecified atom stereocenters. The van der Waals surface area contributed by atoms with Crippen LogP contribution >= 0.6 is 15.9 Å². The van der Waals surface area contributed by atoms with E-state index in [0.29, 0.717) is 22.6 Å². The Morgan fingerprint density at radius 3 is 2.47 bits per heavy atom. The summed E-state index contributed by atoms with van der Waals surface area (Å²) in [4.78, 5) is 32.2. The van der Waals surface area contributed by atoms with E-state index < -0.39 is 17.7 Å². The number of benzene rings is 2. The number of ketones is 1. The minimum Gasteiger partial charge on any atom is -0.507 e. The second-order valence-corrected chi connectivity index (χ2v) is 10.0. The molecule has 1 saturated heterocycles. The summed E-state index contributed by atoms with van der Waals surface area (Å²) in [6, 6.07) is 15.3. The summed E-state index contributed by atoms with van der Waals surface area (Å²) in [5.41, 5.74) is 2.23. The Morgan fingerprint density at radius 2 is 1.85 bits per heavy atom. The normalized spacial score (nSPS) is 17.8. The number of Topliss-reactive ketones (excluding diaryl/α,β-unsaturated/α-hetero) is 1. The van der Waals surface area contributed by atoms with Crippen molar-refractivity contribution in [2.24, 2.45) is 0 Å². The summed E-state index contributed by atoms with van der Waals surface area (Å²) in [5, 5.41) is 11.5. The van der Waals surface area contributed by atoms with Crippen molar-refractivity contribution in [3.05, 3.63) is 93.7 Å². The van der Waals surface area contributed by atoms with Gasteiger partial charge in [-0.3, -0.25) is 19.5 Å². The summed E-state index contributed by atoms with van der Waals surface area (Å²) >= 11 is 3.43. The first-order chi connectivity index (χ1) is 16.1. The van der Waals surface area contributed by atoms with Gasteiger partial charge in [-0.15, -0.1) is 0 Å². The zero-order valence-corrected chi connectivity index (χ0v) is 21.0. The summed E-state index contributed by atoms with van der Waals surface area (Å²) in [7, 11) is 1.50. The maximum absolute atomic E-state index is 13.4.